The molecule has 0 radical (unpaired) electrons. The van der Waals surface area contributed by atoms with Crippen LogP contribution in [0.15, 0.2) is 60.7 Å². The number of anilines is 1. The van der Waals surface area contributed by atoms with Gasteiger partial charge in [-0.25, -0.2) is 0 Å². The van der Waals surface area contributed by atoms with E-state index in [-0.39, 0.29) is 29.9 Å². The normalized spacial score (nSPS) is 16.3. The quantitative estimate of drug-likeness (QED) is 0.504. The lowest BCUT2D eigenvalue weighted by atomic mass is 10.00. The maximum Gasteiger partial charge on any atom is 0.227 e. The van der Waals surface area contributed by atoms with Gasteiger partial charge in [-0.15, -0.1) is 0 Å². The van der Waals surface area contributed by atoms with E-state index in [4.69, 9.17) is 23.2 Å². The molecule has 7 heteroatoms. The van der Waals surface area contributed by atoms with Crippen LogP contribution in [0.25, 0.3) is 0 Å². The zero-order chi connectivity index (χ0) is 22.8. The van der Waals surface area contributed by atoms with Crippen LogP contribution in [0.5, 0.6) is 11.5 Å². The van der Waals surface area contributed by atoms with Crippen molar-refractivity contribution in [3.63, 3.8) is 0 Å². The molecule has 0 spiro atoms. The van der Waals surface area contributed by atoms with Crippen molar-refractivity contribution < 1.29 is 15.0 Å². The van der Waals surface area contributed by atoms with Crippen LogP contribution in [-0.2, 0) is 11.2 Å². The molecule has 4 rings (SSSR count). The molecule has 0 aromatic heterocycles. The van der Waals surface area contributed by atoms with Gasteiger partial charge in [0.25, 0.3) is 0 Å². The first-order chi connectivity index (χ1) is 15.3. The van der Waals surface area contributed by atoms with Gasteiger partial charge in [-0.2, -0.15) is 0 Å². The molecule has 3 aromatic rings. The molecule has 1 fully saturated rings. The van der Waals surface area contributed by atoms with Crippen LogP contribution >= 0.6 is 23.2 Å². The lowest BCUT2D eigenvalue weighted by molar-refractivity contribution is -0.131. The lowest BCUT2D eigenvalue weighted by Gasteiger charge is -2.43. The largest absolute Gasteiger partial charge is 0.504 e. The van der Waals surface area contributed by atoms with Gasteiger partial charge < -0.3 is 20.0 Å². The Labute approximate surface area is 197 Å². The molecule has 32 heavy (non-hydrogen) atoms. The fourth-order valence-corrected chi connectivity index (χ4v) is 4.55. The first kappa shape index (κ1) is 22.3. The van der Waals surface area contributed by atoms with Gasteiger partial charge in [-0.3, -0.25) is 4.79 Å². The summed E-state index contributed by atoms with van der Waals surface area (Å²) >= 11 is 12.7. The number of benzene rings is 3. The second kappa shape index (κ2) is 9.31. The van der Waals surface area contributed by atoms with E-state index in [1.54, 1.807) is 6.07 Å². The first-order valence-electron chi connectivity index (χ1n) is 10.4. The Bertz CT molecular complexity index is 1130. The van der Waals surface area contributed by atoms with Gasteiger partial charge in [0.2, 0.25) is 5.91 Å². The van der Waals surface area contributed by atoms with Crippen molar-refractivity contribution in [2.45, 2.75) is 19.4 Å². The molecule has 1 unspecified atom stereocenters. The van der Waals surface area contributed by atoms with Gasteiger partial charge in [0.1, 0.15) is 0 Å². The van der Waals surface area contributed by atoms with Crippen molar-refractivity contribution in [3.8, 4) is 11.5 Å². The minimum Gasteiger partial charge on any atom is -0.504 e. The van der Waals surface area contributed by atoms with Crippen LogP contribution in [0.2, 0.25) is 10.0 Å². The molecule has 1 heterocycles. The van der Waals surface area contributed by atoms with Crippen molar-refractivity contribution in [2.24, 2.45) is 0 Å². The average molecular weight is 471 g/mol. The Kier molecular flexibility index (Phi) is 6.49. The van der Waals surface area contributed by atoms with E-state index < -0.39 is 0 Å². The van der Waals surface area contributed by atoms with Crippen LogP contribution < -0.4 is 4.90 Å². The molecule has 2 N–H and O–H groups in total. The molecule has 1 aliphatic rings. The summed E-state index contributed by atoms with van der Waals surface area (Å²) in [5, 5.41) is 20.6. The Hall–Kier alpha value is -2.89. The number of piperazine rings is 1. The number of phenolic OH excluding ortho intramolecular Hbond substituents is 2. The van der Waals surface area contributed by atoms with Crippen molar-refractivity contribution in [1.82, 2.24) is 4.90 Å². The molecule has 5 nitrogen and oxygen atoms in total. The molecule has 1 aliphatic heterocycles. The van der Waals surface area contributed by atoms with E-state index in [1.165, 1.54) is 12.1 Å². The number of aryl methyl sites for hydroxylation is 1. The molecule has 3 aromatic carbocycles. The monoisotopic (exact) mass is 470 g/mol. The fraction of sp³-hybridized carbons (Fsp3) is 0.240. The zero-order valence-electron chi connectivity index (χ0n) is 17.6. The van der Waals surface area contributed by atoms with Gasteiger partial charge in [-0.05, 0) is 60.0 Å². The number of carbonyl (C=O) groups is 1. The molecular formula is C25H24Cl2N2O3. The van der Waals surface area contributed by atoms with E-state index in [1.807, 2.05) is 54.3 Å². The van der Waals surface area contributed by atoms with Crippen molar-refractivity contribution in [3.05, 3.63) is 87.4 Å². The third kappa shape index (κ3) is 4.79. The van der Waals surface area contributed by atoms with E-state index >= 15 is 0 Å². The summed E-state index contributed by atoms with van der Waals surface area (Å²) in [5.74, 6) is -0.468. The van der Waals surface area contributed by atoms with Crippen molar-refractivity contribution in [2.75, 3.05) is 24.5 Å². The Balaban J connectivity index is 1.60. The first-order valence-corrected chi connectivity index (χ1v) is 11.1. The summed E-state index contributed by atoms with van der Waals surface area (Å²) in [6.45, 7) is 3.68. The minimum atomic E-state index is -0.229. The molecular weight excluding hydrogens is 447 g/mol. The zero-order valence-corrected chi connectivity index (χ0v) is 19.1. The second-order valence-corrected chi connectivity index (χ2v) is 8.90. The molecule has 1 atom stereocenters. The van der Waals surface area contributed by atoms with Crippen LogP contribution in [0, 0.1) is 6.92 Å². The number of amides is 1. The summed E-state index contributed by atoms with van der Waals surface area (Å²) in [5.41, 5.74) is 3.73. The SMILES string of the molecule is Cc1ccc(N2CCN(C(=O)Cc3ccc(O)c(O)c3)CC2c2ccc(Cl)cc2)c(Cl)c1. The molecule has 0 aliphatic carbocycles. The Morgan fingerprint density at radius 1 is 0.969 bits per heavy atom. The lowest BCUT2D eigenvalue weighted by Crippen LogP contribution is -2.51. The molecule has 0 bridgehead atoms. The number of nitrogens with zero attached hydrogens (tertiary/aromatic N) is 2. The molecule has 166 valence electrons. The fourth-order valence-electron chi connectivity index (χ4n) is 4.08. The summed E-state index contributed by atoms with van der Waals surface area (Å²) in [7, 11) is 0. The topological polar surface area (TPSA) is 64.0 Å². The predicted molar refractivity (Wildman–Crippen MR) is 128 cm³/mol. The van der Waals surface area contributed by atoms with E-state index in [2.05, 4.69) is 4.90 Å². The van der Waals surface area contributed by atoms with Gasteiger partial charge in [0, 0.05) is 24.7 Å². The maximum atomic E-state index is 13.1. The molecule has 0 saturated carbocycles. The number of aromatic hydroxyl groups is 2. The summed E-state index contributed by atoms with van der Waals surface area (Å²) in [6.07, 6.45) is 0.145. The Morgan fingerprint density at radius 3 is 2.41 bits per heavy atom. The average Bonchev–Trinajstić information content (AvgIpc) is 2.77. The maximum absolute atomic E-state index is 13.1. The van der Waals surface area contributed by atoms with Gasteiger partial charge >= 0.3 is 0 Å². The van der Waals surface area contributed by atoms with Crippen LogP contribution in [0.1, 0.15) is 22.7 Å². The van der Waals surface area contributed by atoms with Crippen LogP contribution in [-0.4, -0.2) is 40.7 Å². The highest BCUT2D eigenvalue weighted by Gasteiger charge is 2.31. The number of hydrogen-bond donors (Lipinski definition) is 2. The predicted octanol–water partition coefficient (Wildman–Crippen LogP) is 5.35. The number of phenols is 2. The third-order valence-corrected chi connectivity index (χ3v) is 6.35. The standard InChI is InChI=1S/C25H24Cl2N2O3/c1-16-2-8-21(20(27)12-16)29-11-10-28(15-22(29)18-4-6-19(26)7-5-18)25(32)14-17-3-9-23(30)24(31)13-17/h2-9,12-13,22,30-31H,10-11,14-15H2,1H3. The summed E-state index contributed by atoms with van der Waals surface area (Å²) in [6, 6.07) is 18.1. The van der Waals surface area contributed by atoms with Crippen LogP contribution in [0.3, 0.4) is 0 Å². The van der Waals surface area contributed by atoms with Gasteiger partial charge in [0.15, 0.2) is 11.5 Å². The summed E-state index contributed by atoms with van der Waals surface area (Å²) in [4.78, 5) is 17.1. The Morgan fingerprint density at radius 2 is 1.72 bits per heavy atom. The summed E-state index contributed by atoms with van der Waals surface area (Å²) < 4.78 is 0. The number of rotatable bonds is 4. The number of carbonyl (C=O) groups excluding carboxylic acids is 1. The van der Waals surface area contributed by atoms with Gasteiger partial charge in [0.05, 0.1) is 23.2 Å². The highest BCUT2D eigenvalue weighted by Crippen LogP contribution is 2.36. The highest BCUT2D eigenvalue weighted by atomic mass is 35.5. The van der Waals surface area contributed by atoms with Crippen LogP contribution in [0.4, 0.5) is 5.69 Å². The molecule has 1 saturated heterocycles. The van der Waals surface area contributed by atoms with E-state index in [0.717, 1.165) is 16.8 Å². The second-order valence-electron chi connectivity index (χ2n) is 8.06. The minimum absolute atomic E-state index is 0.0382. The van der Waals surface area contributed by atoms with Gasteiger partial charge in [-0.1, -0.05) is 47.5 Å². The van der Waals surface area contributed by atoms with E-state index in [0.29, 0.717) is 35.2 Å². The number of halogens is 2. The smallest absolute Gasteiger partial charge is 0.227 e. The molecule has 1 amide bonds. The third-order valence-electron chi connectivity index (χ3n) is 5.80. The number of hydrogen-bond acceptors (Lipinski definition) is 4. The van der Waals surface area contributed by atoms with Crippen molar-refractivity contribution >= 4 is 34.8 Å². The highest BCUT2D eigenvalue weighted by molar-refractivity contribution is 6.33. The van der Waals surface area contributed by atoms with Crippen molar-refractivity contribution in [1.29, 1.82) is 0 Å². The van der Waals surface area contributed by atoms with E-state index in [9.17, 15) is 15.0 Å².